The molecule has 0 aliphatic carbocycles. The average Bonchev–Trinajstić information content (AvgIpc) is 2.62. The van der Waals surface area contributed by atoms with Crippen LogP contribution in [0.5, 0.6) is 0 Å². The second-order valence-corrected chi connectivity index (χ2v) is 4.37. The molecule has 0 N–H and O–H groups in total. The van der Waals surface area contributed by atoms with E-state index in [-0.39, 0.29) is 5.78 Å². The molecule has 0 aliphatic rings. The van der Waals surface area contributed by atoms with Gasteiger partial charge in [-0.1, -0.05) is 29.8 Å². The van der Waals surface area contributed by atoms with Crippen LogP contribution in [0.15, 0.2) is 36.7 Å². The SMILES string of the molecule is Cc1ccc(C(=O)Cn2cc[n+](C)c2C)cc1. The highest BCUT2D eigenvalue weighted by molar-refractivity contribution is 5.95. The van der Waals surface area contributed by atoms with E-state index in [0.29, 0.717) is 6.54 Å². The zero-order valence-electron chi connectivity index (χ0n) is 10.5. The highest BCUT2D eigenvalue weighted by Crippen LogP contribution is 2.06. The van der Waals surface area contributed by atoms with Gasteiger partial charge in [0.25, 0.3) is 5.82 Å². The molecular formula is C14H17N2O+. The second-order valence-electron chi connectivity index (χ2n) is 4.37. The van der Waals surface area contributed by atoms with E-state index in [4.69, 9.17) is 0 Å². The lowest BCUT2D eigenvalue weighted by molar-refractivity contribution is -0.677. The van der Waals surface area contributed by atoms with Crippen molar-refractivity contribution in [3.63, 3.8) is 0 Å². The first-order chi connectivity index (χ1) is 8.08. The van der Waals surface area contributed by atoms with Crippen molar-refractivity contribution in [1.82, 2.24) is 4.57 Å². The van der Waals surface area contributed by atoms with E-state index >= 15 is 0 Å². The van der Waals surface area contributed by atoms with Gasteiger partial charge in [0.05, 0.1) is 7.05 Å². The van der Waals surface area contributed by atoms with Crippen LogP contribution in [0.3, 0.4) is 0 Å². The van der Waals surface area contributed by atoms with E-state index < -0.39 is 0 Å². The number of aryl methyl sites for hydroxylation is 2. The Kier molecular flexibility index (Phi) is 3.09. The van der Waals surface area contributed by atoms with E-state index in [2.05, 4.69) is 0 Å². The van der Waals surface area contributed by atoms with Gasteiger partial charge in [0, 0.05) is 12.5 Å². The molecule has 3 nitrogen and oxygen atoms in total. The van der Waals surface area contributed by atoms with Gasteiger partial charge in [0.1, 0.15) is 12.4 Å². The van der Waals surface area contributed by atoms with Gasteiger partial charge in [-0.3, -0.25) is 4.79 Å². The van der Waals surface area contributed by atoms with E-state index in [9.17, 15) is 4.79 Å². The van der Waals surface area contributed by atoms with Crippen LogP contribution in [0.25, 0.3) is 0 Å². The fourth-order valence-electron chi connectivity index (χ4n) is 1.75. The van der Waals surface area contributed by atoms with Gasteiger partial charge in [-0.15, -0.1) is 0 Å². The maximum atomic E-state index is 12.1. The number of carbonyl (C=O) groups is 1. The maximum absolute atomic E-state index is 12.1. The number of ketones is 1. The van der Waals surface area contributed by atoms with Crippen LogP contribution in [0.2, 0.25) is 0 Å². The molecule has 0 aliphatic heterocycles. The van der Waals surface area contributed by atoms with Gasteiger partial charge >= 0.3 is 0 Å². The van der Waals surface area contributed by atoms with Gasteiger partial charge in [-0.25, -0.2) is 9.13 Å². The third-order valence-corrected chi connectivity index (χ3v) is 3.08. The molecule has 0 atom stereocenters. The Balaban J connectivity index is 2.17. The number of rotatable bonds is 3. The summed E-state index contributed by atoms with van der Waals surface area (Å²) >= 11 is 0. The molecule has 0 radical (unpaired) electrons. The van der Waals surface area contributed by atoms with Crippen molar-refractivity contribution < 1.29 is 9.36 Å². The molecule has 3 heteroatoms. The summed E-state index contributed by atoms with van der Waals surface area (Å²) in [6.07, 6.45) is 3.89. The minimum Gasteiger partial charge on any atom is -0.290 e. The summed E-state index contributed by atoms with van der Waals surface area (Å²) in [5.74, 6) is 1.22. The van der Waals surface area contributed by atoms with Crippen LogP contribution in [-0.4, -0.2) is 10.4 Å². The molecule has 1 heterocycles. The predicted octanol–water partition coefficient (Wildman–Crippen LogP) is 1.81. The zero-order chi connectivity index (χ0) is 12.4. The normalized spacial score (nSPS) is 10.5. The van der Waals surface area contributed by atoms with Crippen molar-refractivity contribution in [3.05, 3.63) is 53.6 Å². The highest BCUT2D eigenvalue weighted by atomic mass is 16.1. The van der Waals surface area contributed by atoms with Gasteiger partial charge in [0.15, 0.2) is 6.54 Å². The number of carbonyl (C=O) groups excluding carboxylic acids is 1. The van der Waals surface area contributed by atoms with E-state index in [0.717, 1.165) is 11.4 Å². The lowest BCUT2D eigenvalue weighted by Crippen LogP contribution is -2.30. The molecule has 0 unspecified atom stereocenters. The first-order valence-electron chi connectivity index (χ1n) is 5.69. The number of imidazole rings is 1. The molecule has 0 spiro atoms. The highest BCUT2D eigenvalue weighted by Gasteiger charge is 2.14. The standard InChI is InChI=1S/C14H17N2O/c1-11-4-6-13(7-5-11)14(17)10-16-9-8-15(3)12(16)2/h4-9H,10H2,1-3H3/q+1. The third kappa shape index (κ3) is 2.44. The Morgan fingerprint density at radius 3 is 2.41 bits per heavy atom. The fraction of sp³-hybridized carbons (Fsp3) is 0.286. The number of Topliss-reactive ketones (excluding diaryl/α,β-unsaturated/α-hetero) is 1. The Bertz CT molecular complexity index is 538. The molecule has 1 aromatic carbocycles. The summed E-state index contributed by atoms with van der Waals surface area (Å²) in [6, 6.07) is 7.71. The first-order valence-corrected chi connectivity index (χ1v) is 5.69. The molecule has 0 fully saturated rings. The molecule has 2 aromatic rings. The lowest BCUT2D eigenvalue weighted by Gasteiger charge is -2.00. The number of benzene rings is 1. The molecular weight excluding hydrogens is 212 g/mol. The van der Waals surface area contributed by atoms with Crippen LogP contribution < -0.4 is 4.57 Å². The molecule has 1 aromatic heterocycles. The molecule has 17 heavy (non-hydrogen) atoms. The van der Waals surface area contributed by atoms with Crippen LogP contribution in [0, 0.1) is 13.8 Å². The Labute approximate surface area is 101 Å². The average molecular weight is 229 g/mol. The van der Waals surface area contributed by atoms with Crippen molar-refractivity contribution in [2.45, 2.75) is 20.4 Å². The summed E-state index contributed by atoms with van der Waals surface area (Å²) < 4.78 is 3.96. The fourth-order valence-corrected chi connectivity index (χ4v) is 1.75. The topological polar surface area (TPSA) is 25.9 Å². The largest absolute Gasteiger partial charge is 0.290 e. The Morgan fingerprint density at radius 2 is 1.88 bits per heavy atom. The van der Waals surface area contributed by atoms with Crippen molar-refractivity contribution in [3.8, 4) is 0 Å². The number of aromatic nitrogens is 2. The van der Waals surface area contributed by atoms with E-state index in [1.54, 1.807) is 0 Å². The van der Waals surface area contributed by atoms with E-state index in [1.165, 1.54) is 5.56 Å². The van der Waals surface area contributed by atoms with Crippen LogP contribution >= 0.6 is 0 Å². The molecule has 88 valence electrons. The summed E-state index contributed by atoms with van der Waals surface area (Å²) in [6.45, 7) is 4.42. The monoisotopic (exact) mass is 229 g/mol. The number of hydrogen-bond acceptors (Lipinski definition) is 1. The molecule has 0 saturated heterocycles. The predicted molar refractivity (Wildman–Crippen MR) is 65.9 cm³/mol. The maximum Gasteiger partial charge on any atom is 0.253 e. The minimum atomic E-state index is 0.143. The lowest BCUT2D eigenvalue weighted by atomic mass is 10.1. The van der Waals surface area contributed by atoms with Crippen molar-refractivity contribution in [2.24, 2.45) is 7.05 Å². The van der Waals surface area contributed by atoms with Crippen molar-refractivity contribution in [2.75, 3.05) is 0 Å². The van der Waals surface area contributed by atoms with E-state index in [1.807, 2.05) is 66.7 Å². The molecule has 0 bridgehead atoms. The third-order valence-electron chi connectivity index (χ3n) is 3.08. The van der Waals surface area contributed by atoms with Crippen molar-refractivity contribution >= 4 is 5.78 Å². The van der Waals surface area contributed by atoms with Gasteiger partial charge in [0.2, 0.25) is 5.78 Å². The summed E-state index contributed by atoms with van der Waals surface area (Å²) in [7, 11) is 1.97. The molecule has 2 rings (SSSR count). The van der Waals surface area contributed by atoms with Gasteiger partial charge < -0.3 is 0 Å². The van der Waals surface area contributed by atoms with Crippen LogP contribution in [0.4, 0.5) is 0 Å². The molecule has 0 amide bonds. The molecule has 0 saturated carbocycles. The summed E-state index contributed by atoms with van der Waals surface area (Å²) in [4.78, 5) is 12.1. The van der Waals surface area contributed by atoms with Crippen molar-refractivity contribution in [1.29, 1.82) is 0 Å². The quantitative estimate of drug-likeness (QED) is 0.582. The number of hydrogen-bond donors (Lipinski definition) is 0. The number of nitrogens with zero attached hydrogens (tertiary/aromatic N) is 2. The van der Waals surface area contributed by atoms with Gasteiger partial charge in [-0.2, -0.15) is 0 Å². The first kappa shape index (κ1) is 11.6. The zero-order valence-corrected chi connectivity index (χ0v) is 10.5. The summed E-state index contributed by atoms with van der Waals surface area (Å²) in [5, 5.41) is 0. The smallest absolute Gasteiger partial charge is 0.253 e. The van der Waals surface area contributed by atoms with Crippen LogP contribution in [-0.2, 0) is 13.6 Å². The van der Waals surface area contributed by atoms with Gasteiger partial charge in [-0.05, 0) is 6.92 Å². The Hall–Kier alpha value is -1.90. The minimum absolute atomic E-state index is 0.143. The second kappa shape index (κ2) is 4.53. The van der Waals surface area contributed by atoms with Crippen LogP contribution in [0.1, 0.15) is 21.7 Å². The summed E-state index contributed by atoms with van der Waals surface area (Å²) in [5.41, 5.74) is 1.94. The Morgan fingerprint density at radius 1 is 1.24 bits per heavy atom.